The number of fused-ring (bicyclic) bond motifs is 1. The van der Waals surface area contributed by atoms with E-state index in [1.54, 1.807) is 6.07 Å². The van der Waals surface area contributed by atoms with Crippen LogP contribution >= 0.6 is 0 Å². The average Bonchev–Trinajstić information content (AvgIpc) is 3.36. The topological polar surface area (TPSA) is 73.6 Å². The number of rotatable bonds is 5. The van der Waals surface area contributed by atoms with Crippen LogP contribution < -0.4 is 10.6 Å². The van der Waals surface area contributed by atoms with Crippen LogP contribution in [0.15, 0.2) is 60.7 Å². The van der Waals surface area contributed by atoms with Crippen molar-refractivity contribution in [1.82, 2.24) is 15.3 Å². The summed E-state index contributed by atoms with van der Waals surface area (Å²) in [6.07, 6.45) is 1.12. The first kappa shape index (κ1) is 21.0. The first-order valence-corrected chi connectivity index (χ1v) is 11.1. The lowest BCUT2D eigenvalue weighted by Gasteiger charge is -2.14. The van der Waals surface area contributed by atoms with Crippen LogP contribution in [0.5, 0.6) is 0 Å². The maximum absolute atomic E-state index is 14.5. The summed E-state index contributed by atoms with van der Waals surface area (Å²) in [5.41, 5.74) is 5.42. The summed E-state index contributed by atoms with van der Waals surface area (Å²) in [5, 5.41) is 16.7. The molecule has 1 aliphatic heterocycles. The minimum Gasteiger partial charge on any atom is -0.354 e. The van der Waals surface area contributed by atoms with Gasteiger partial charge in [0.2, 0.25) is 5.95 Å². The molecule has 0 bridgehead atoms. The highest BCUT2D eigenvalue weighted by molar-refractivity contribution is 5.96. The van der Waals surface area contributed by atoms with Crippen LogP contribution in [-0.4, -0.2) is 29.6 Å². The monoisotopic (exact) mass is 437 g/mol. The number of aromatic nitrogens is 2. The van der Waals surface area contributed by atoms with Crippen LogP contribution in [0.1, 0.15) is 17.5 Å². The van der Waals surface area contributed by atoms with E-state index in [4.69, 9.17) is 15.2 Å². The molecule has 0 spiro atoms. The van der Waals surface area contributed by atoms with E-state index in [0.29, 0.717) is 23.1 Å². The van der Waals surface area contributed by atoms with Crippen molar-refractivity contribution < 1.29 is 4.39 Å². The van der Waals surface area contributed by atoms with Gasteiger partial charge in [0.15, 0.2) is 0 Å². The van der Waals surface area contributed by atoms with E-state index in [1.807, 2.05) is 24.3 Å². The van der Waals surface area contributed by atoms with Crippen molar-refractivity contribution >= 4 is 16.9 Å². The highest BCUT2D eigenvalue weighted by Gasteiger charge is 2.17. The van der Waals surface area contributed by atoms with Crippen LogP contribution in [0.3, 0.4) is 0 Å². The highest BCUT2D eigenvalue weighted by Crippen LogP contribution is 2.33. The second kappa shape index (κ2) is 8.97. The molecule has 1 aromatic heterocycles. The molecular formula is C27H24FN5. The van der Waals surface area contributed by atoms with Crippen molar-refractivity contribution in [3.05, 3.63) is 77.6 Å². The predicted molar refractivity (Wildman–Crippen MR) is 129 cm³/mol. The quantitative estimate of drug-likeness (QED) is 0.443. The molecular weight excluding hydrogens is 413 g/mol. The molecule has 1 fully saturated rings. The van der Waals surface area contributed by atoms with E-state index in [0.717, 1.165) is 48.1 Å². The summed E-state index contributed by atoms with van der Waals surface area (Å²) < 4.78 is 14.5. The number of hydrogen-bond acceptors (Lipinski definition) is 5. The summed E-state index contributed by atoms with van der Waals surface area (Å²) in [6.45, 7) is 4.87. The van der Waals surface area contributed by atoms with Gasteiger partial charge in [-0.15, -0.1) is 0 Å². The minimum atomic E-state index is -0.552. The Morgan fingerprint density at radius 3 is 2.70 bits per heavy atom. The van der Waals surface area contributed by atoms with E-state index in [2.05, 4.69) is 41.8 Å². The third-order valence-electron chi connectivity index (χ3n) is 6.23. The molecule has 0 aliphatic carbocycles. The molecule has 0 radical (unpaired) electrons. The van der Waals surface area contributed by atoms with Crippen LogP contribution in [0.4, 0.5) is 10.3 Å². The first-order chi connectivity index (χ1) is 16.1. The van der Waals surface area contributed by atoms with Crippen LogP contribution in [0.25, 0.3) is 33.3 Å². The summed E-state index contributed by atoms with van der Waals surface area (Å²) in [4.78, 5) is 9.54. The molecule has 0 unspecified atom stereocenters. The Kier molecular flexibility index (Phi) is 5.72. The molecule has 2 heterocycles. The van der Waals surface area contributed by atoms with Crippen LogP contribution in [-0.2, 0) is 0 Å². The molecule has 1 aliphatic rings. The van der Waals surface area contributed by atoms with Crippen molar-refractivity contribution in [1.29, 1.82) is 5.26 Å². The van der Waals surface area contributed by atoms with E-state index in [1.165, 1.54) is 17.7 Å². The van der Waals surface area contributed by atoms with E-state index >= 15 is 0 Å². The van der Waals surface area contributed by atoms with Gasteiger partial charge in [-0.05, 0) is 73.3 Å². The number of benzene rings is 3. The van der Waals surface area contributed by atoms with Gasteiger partial charge >= 0.3 is 0 Å². The van der Waals surface area contributed by atoms with Crippen molar-refractivity contribution in [3.63, 3.8) is 0 Å². The third kappa shape index (κ3) is 4.28. The maximum Gasteiger partial charge on any atom is 0.223 e. The second-order valence-electron chi connectivity index (χ2n) is 8.49. The predicted octanol–water partition coefficient (Wildman–Crippen LogP) is 5.30. The highest BCUT2D eigenvalue weighted by atomic mass is 19.1. The summed E-state index contributed by atoms with van der Waals surface area (Å²) in [7, 11) is 0. The molecule has 6 heteroatoms. The molecule has 0 saturated carbocycles. The smallest absolute Gasteiger partial charge is 0.223 e. The van der Waals surface area contributed by atoms with Crippen LogP contribution in [0.2, 0.25) is 0 Å². The lowest BCUT2D eigenvalue weighted by atomic mass is 9.97. The average molecular weight is 438 g/mol. The zero-order chi connectivity index (χ0) is 22.8. The molecule has 4 aromatic rings. The van der Waals surface area contributed by atoms with Crippen LogP contribution in [0, 0.1) is 30.0 Å². The SMILES string of the molecule is Cc1ccccc1-c1ccc2nc(NC[C@H]3CCNC3)nc(-c3ccc(C#N)c(F)c3)c2c1. The molecule has 164 valence electrons. The van der Waals surface area contributed by atoms with Gasteiger partial charge in [-0.1, -0.05) is 36.4 Å². The first-order valence-electron chi connectivity index (χ1n) is 11.1. The van der Waals surface area contributed by atoms with Gasteiger partial charge in [0.25, 0.3) is 0 Å². The van der Waals surface area contributed by atoms with Crippen molar-refractivity contribution in [2.45, 2.75) is 13.3 Å². The van der Waals surface area contributed by atoms with E-state index in [-0.39, 0.29) is 5.56 Å². The largest absolute Gasteiger partial charge is 0.354 e. The van der Waals surface area contributed by atoms with Gasteiger partial charge < -0.3 is 10.6 Å². The summed E-state index contributed by atoms with van der Waals surface area (Å²) in [6, 6.07) is 20.8. The number of hydrogen-bond donors (Lipinski definition) is 2. The van der Waals surface area contributed by atoms with Crippen molar-refractivity contribution in [2.24, 2.45) is 5.92 Å². The lowest BCUT2D eigenvalue weighted by molar-refractivity contribution is 0.613. The number of nitriles is 1. The molecule has 1 saturated heterocycles. The Morgan fingerprint density at radius 2 is 1.94 bits per heavy atom. The molecule has 5 rings (SSSR count). The fourth-order valence-electron chi connectivity index (χ4n) is 4.37. The van der Waals surface area contributed by atoms with Gasteiger partial charge in [0.1, 0.15) is 11.9 Å². The lowest BCUT2D eigenvalue weighted by Crippen LogP contribution is -2.18. The molecule has 33 heavy (non-hydrogen) atoms. The number of nitrogens with zero attached hydrogens (tertiary/aromatic N) is 3. The normalized spacial score (nSPS) is 15.5. The summed E-state index contributed by atoms with van der Waals surface area (Å²) >= 11 is 0. The van der Waals surface area contributed by atoms with Gasteiger partial charge in [0.05, 0.1) is 16.8 Å². The second-order valence-corrected chi connectivity index (χ2v) is 8.49. The standard InChI is InChI=1S/C27H24FN5/c1-17-4-2-3-5-22(17)19-8-9-25-23(12-19)26(20-6-7-21(14-29)24(28)13-20)33-27(32-25)31-16-18-10-11-30-15-18/h2-9,12-13,18,30H,10-11,15-16H2,1H3,(H,31,32,33)/t18-/m0/s1. The zero-order valence-electron chi connectivity index (χ0n) is 18.4. The zero-order valence-corrected chi connectivity index (χ0v) is 18.4. The fourth-order valence-corrected chi connectivity index (χ4v) is 4.37. The molecule has 3 aromatic carbocycles. The van der Waals surface area contributed by atoms with Crippen molar-refractivity contribution in [3.8, 4) is 28.5 Å². The molecule has 2 N–H and O–H groups in total. The van der Waals surface area contributed by atoms with Gasteiger partial charge in [0, 0.05) is 17.5 Å². The van der Waals surface area contributed by atoms with E-state index in [9.17, 15) is 4.39 Å². The van der Waals surface area contributed by atoms with Gasteiger partial charge in [-0.25, -0.2) is 14.4 Å². The number of aryl methyl sites for hydroxylation is 1. The minimum absolute atomic E-state index is 0.0183. The Hall–Kier alpha value is -3.82. The van der Waals surface area contributed by atoms with Crippen molar-refractivity contribution in [2.75, 3.05) is 25.0 Å². The Balaban J connectivity index is 1.63. The number of anilines is 1. The molecule has 1 atom stereocenters. The molecule has 5 nitrogen and oxygen atoms in total. The van der Waals surface area contributed by atoms with E-state index < -0.39 is 5.82 Å². The Morgan fingerprint density at radius 1 is 1.09 bits per heavy atom. The Labute approximate surface area is 192 Å². The Bertz CT molecular complexity index is 1370. The summed E-state index contributed by atoms with van der Waals surface area (Å²) in [5.74, 6) is 0.504. The number of nitrogens with one attached hydrogen (secondary N) is 2. The van der Waals surface area contributed by atoms with Gasteiger partial charge in [-0.3, -0.25) is 0 Å². The van der Waals surface area contributed by atoms with Gasteiger partial charge in [-0.2, -0.15) is 5.26 Å². The number of halogens is 1. The third-order valence-corrected chi connectivity index (χ3v) is 6.23. The maximum atomic E-state index is 14.5. The fraction of sp³-hybridized carbons (Fsp3) is 0.222. The molecule has 0 amide bonds.